The predicted octanol–water partition coefficient (Wildman–Crippen LogP) is 1.98. The Bertz CT molecular complexity index is 91.1. The number of rotatable bonds is 6. The van der Waals surface area contributed by atoms with Gasteiger partial charge in [-0.05, 0) is 18.1 Å². The van der Waals surface area contributed by atoms with Crippen molar-refractivity contribution in [1.82, 2.24) is 0 Å². The molecular formula is C12H34O4SiTi. The minimum absolute atomic E-state index is 0. The van der Waals surface area contributed by atoms with E-state index in [1.54, 1.807) is 0 Å². The van der Waals surface area contributed by atoms with Crippen molar-refractivity contribution < 1.29 is 41.8 Å². The van der Waals surface area contributed by atoms with E-state index in [0.29, 0.717) is 0 Å². The van der Waals surface area contributed by atoms with Crippen molar-refractivity contribution in [1.29, 1.82) is 0 Å². The van der Waals surface area contributed by atoms with Crippen LogP contribution in [0, 0.1) is 0 Å². The van der Waals surface area contributed by atoms with Crippen LogP contribution in [0.2, 0.25) is 18.1 Å². The minimum Gasteiger partial charge on any atom is -0.432 e. The number of aliphatic hydroxyl groups excluding tert-OH is 3. The molecule has 0 unspecified atom stereocenters. The first kappa shape index (κ1) is 31.3. The molecule has 0 aliphatic rings. The standard InChI is InChI=1S/C9H22OSi.3CH4O.Ti/c1-4-7-11(10,8-5-2)9-6-3;3*1-2;/h10H,4-9H2,1-3H3;3*2H,1H3;. The molecule has 0 heterocycles. The first-order chi connectivity index (χ1) is 8.18. The molecule has 114 valence electrons. The quantitative estimate of drug-likeness (QED) is 0.565. The molecule has 0 saturated heterocycles. The second-order valence-corrected chi connectivity index (χ2v) is 7.42. The fourth-order valence-corrected chi connectivity index (χ4v) is 5.31. The van der Waals surface area contributed by atoms with E-state index in [9.17, 15) is 4.80 Å². The Morgan fingerprint density at radius 3 is 0.889 bits per heavy atom. The van der Waals surface area contributed by atoms with Crippen molar-refractivity contribution in [3.05, 3.63) is 0 Å². The average molecular weight is 318 g/mol. The summed E-state index contributed by atoms with van der Waals surface area (Å²) in [6, 6.07) is 3.32. The summed E-state index contributed by atoms with van der Waals surface area (Å²) in [7, 11) is 1.25. The van der Waals surface area contributed by atoms with Crippen LogP contribution in [0.3, 0.4) is 0 Å². The van der Waals surface area contributed by atoms with Gasteiger partial charge in [0.1, 0.15) is 0 Å². The van der Waals surface area contributed by atoms with Gasteiger partial charge in [-0.1, -0.05) is 40.0 Å². The number of hydrogen-bond acceptors (Lipinski definition) is 4. The molecule has 0 rings (SSSR count). The maximum Gasteiger partial charge on any atom is 0.188 e. The summed E-state index contributed by atoms with van der Waals surface area (Å²) in [6.07, 6.45) is 3.47. The van der Waals surface area contributed by atoms with Crippen molar-refractivity contribution in [3.63, 3.8) is 0 Å². The molecule has 0 aromatic rings. The molecule has 0 aromatic carbocycles. The molecular weight excluding hydrogens is 284 g/mol. The van der Waals surface area contributed by atoms with E-state index in [1.165, 1.54) is 0 Å². The second kappa shape index (κ2) is 30.6. The smallest absolute Gasteiger partial charge is 0.188 e. The summed E-state index contributed by atoms with van der Waals surface area (Å²) in [5.41, 5.74) is 0. The molecule has 0 atom stereocenters. The van der Waals surface area contributed by atoms with Gasteiger partial charge in [-0.3, -0.25) is 0 Å². The third kappa shape index (κ3) is 25.6. The van der Waals surface area contributed by atoms with Gasteiger partial charge in [-0.15, -0.1) is 0 Å². The number of hydrogen-bond donors (Lipinski definition) is 4. The van der Waals surface area contributed by atoms with Crippen LogP contribution < -0.4 is 0 Å². The van der Waals surface area contributed by atoms with Crippen molar-refractivity contribution in [3.8, 4) is 0 Å². The summed E-state index contributed by atoms with van der Waals surface area (Å²) in [5, 5.41) is 21.0. The molecule has 0 radical (unpaired) electrons. The zero-order chi connectivity index (χ0) is 14.7. The van der Waals surface area contributed by atoms with Crippen LogP contribution in [0.25, 0.3) is 0 Å². The Morgan fingerprint density at radius 1 is 0.611 bits per heavy atom. The molecule has 0 fully saturated rings. The van der Waals surface area contributed by atoms with E-state index in [0.717, 1.165) is 58.7 Å². The Labute approximate surface area is 129 Å². The van der Waals surface area contributed by atoms with Crippen LogP contribution in [-0.4, -0.2) is 49.8 Å². The van der Waals surface area contributed by atoms with E-state index in [-0.39, 0.29) is 21.7 Å². The van der Waals surface area contributed by atoms with E-state index < -0.39 is 8.32 Å². The fourth-order valence-electron chi connectivity index (χ4n) is 1.77. The Balaban J connectivity index is -0.0000000700. The van der Waals surface area contributed by atoms with Crippen molar-refractivity contribution in [2.75, 3.05) is 21.3 Å². The van der Waals surface area contributed by atoms with Gasteiger partial charge < -0.3 is 20.1 Å². The van der Waals surface area contributed by atoms with Crippen LogP contribution >= 0.6 is 0 Å². The Kier molecular flexibility index (Phi) is 53.2. The zero-order valence-corrected chi connectivity index (χ0v) is 15.6. The summed E-state index contributed by atoms with van der Waals surface area (Å²) in [6.45, 7) is 6.51. The molecule has 4 N–H and O–H groups in total. The van der Waals surface area contributed by atoms with Crippen molar-refractivity contribution in [2.45, 2.75) is 58.2 Å². The maximum atomic E-state index is 10.2. The summed E-state index contributed by atoms with van der Waals surface area (Å²) >= 11 is 0. The van der Waals surface area contributed by atoms with Gasteiger partial charge in [0.25, 0.3) is 0 Å². The van der Waals surface area contributed by atoms with Gasteiger partial charge >= 0.3 is 0 Å². The normalized spacial score (nSPS) is 8.33. The Morgan fingerprint density at radius 2 is 0.778 bits per heavy atom. The van der Waals surface area contributed by atoms with E-state index >= 15 is 0 Å². The minimum atomic E-state index is -1.75. The number of aliphatic hydroxyl groups is 3. The van der Waals surface area contributed by atoms with E-state index in [2.05, 4.69) is 20.8 Å². The summed E-state index contributed by atoms with van der Waals surface area (Å²) in [4.78, 5) is 10.2. The molecule has 0 amide bonds. The van der Waals surface area contributed by atoms with Crippen LogP contribution in [0.4, 0.5) is 0 Å². The topological polar surface area (TPSA) is 80.9 Å². The van der Waals surface area contributed by atoms with Crippen molar-refractivity contribution in [2.24, 2.45) is 0 Å². The van der Waals surface area contributed by atoms with Crippen LogP contribution in [0.15, 0.2) is 0 Å². The van der Waals surface area contributed by atoms with Gasteiger partial charge in [-0.25, -0.2) is 0 Å². The molecule has 0 aromatic heterocycles. The monoisotopic (exact) mass is 318 g/mol. The maximum absolute atomic E-state index is 10.2. The van der Waals surface area contributed by atoms with Crippen LogP contribution in [0.5, 0.6) is 0 Å². The molecule has 0 aliphatic carbocycles. The second-order valence-electron chi connectivity index (χ2n) is 3.47. The zero-order valence-electron chi connectivity index (χ0n) is 13.0. The van der Waals surface area contributed by atoms with Crippen molar-refractivity contribution >= 4 is 8.32 Å². The largest absolute Gasteiger partial charge is 0.432 e. The van der Waals surface area contributed by atoms with Gasteiger partial charge in [-0.2, -0.15) is 0 Å². The van der Waals surface area contributed by atoms with Crippen LogP contribution in [-0.2, 0) is 21.7 Å². The third-order valence-corrected chi connectivity index (χ3v) is 6.44. The molecule has 0 spiro atoms. The first-order valence-corrected chi connectivity index (χ1v) is 8.82. The van der Waals surface area contributed by atoms with Crippen LogP contribution in [0.1, 0.15) is 40.0 Å². The van der Waals surface area contributed by atoms with Gasteiger partial charge in [0.2, 0.25) is 0 Å². The van der Waals surface area contributed by atoms with Gasteiger partial charge in [0.15, 0.2) is 8.32 Å². The van der Waals surface area contributed by atoms with Gasteiger partial charge in [0, 0.05) is 43.0 Å². The average Bonchev–Trinajstić information content (AvgIpc) is 2.37. The molecule has 4 nitrogen and oxygen atoms in total. The third-order valence-electron chi connectivity index (χ3n) is 2.15. The predicted molar refractivity (Wildman–Crippen MR) is 77.7 cm³/mol. The molecule has 6 heteroatoms. The summed E-state index contributed by atoms with van der Waals surface area (Å²) < 4.78 is 0. The van der Waals surface area contributed by atoms with E-state index in [4.69, 9.17) is 15.3 Å². The fraction of sp³-hybridized carbons (Fsp3) is 1.00. The Hall–Kier alpha value is 0.771. The first-order valence-electron chi connectivity index (χ1n) is 6.25. The summed E-state index contributed by atoms with van der Waals surface area (Å²) in [5.74, 6) is 0. The molecule has 0 bridgehead atoms. The SMILES string of the molecule is CCC[Si](O)(CCC)CCC.CO.CO.CO.[Ti]. The van der Waals surface area contributed by atoms with E-state index in [1.807, 2.05) is 0 Å². The van der Waals surface area contributed by atoms with Gasteiger partial charge in [0.05, 0.1) is 0 Å². The molecule has 0 saturated carbocycles. The molecule has 18 heavy (non-hydrogen) atoms. The molecule has 0 aliphatic heterocycles.